The first kappa shape index (κ1) is 22.2. The van der Waals surface area contributed by atoms with Gasteiger partial charge in [-0.1, -0.05) is 12.8 Å². The fourth-order valence-corrected chi connectivity index (χ4v) is 4.45. The molecule has 1 saturated carbocycles. The molecule has 2 heterocycles. The number of carboxylic acid groups (broad SMARTS) is 1. The van der Waals surface area contributed by atoms with E-state index in [-0.39, 0.29) is 24.6 Å². The third-order valence-electron chi connectivity index (χ3n) is 6.15. The van der Waals surface area contributed by atoms with Crippen LogP contribution in [0.4, 0.5) is 13.2 Å². The van der Waals surface area contributed by atoms with E-state index in [2.05, 4.69) is 9.97 Å². The monoisotopic (exact) mass is 446 g/mol. The minimum atomic E-state index is -4.45. The number of ether oxygens (including phenoxy) is 1. The summed E-state index contributed by atoms with van der Waals surface area (Å²) in [6.45, 7) is 1.88. The van der Waals surface area contributed by atoms with Crippen LogP contribution in [0, 0.1) is 6.92 Å². The van der Waals surface area contributed by atoms with E-state index in [0.717, 1.165) is 53.9 Å². The number of aromatic amines is 1. The Morgan fingerprint density at radius 2 is 2.00 bits per heavy atom. The Bertz CT molecular complexity index is 1130. The van der Waals surface area contributed by atoms with Crippen LogP contribution in [0.5, 0.6) is 5.75 Å². The van der Waals surface area contributed by atoms with Crippen LogP contribution in [-0.4, -0.2) is 21.0 Å². The molecule has 1 aromatic carbocycles. The number of rotatable bonds is 7. The third kappa shape index (κ3) is 4.74. The summed E-state index contributed by atoms with van der Waals surface area (Å²) >= 11 is 0. The normalized spacial score (nSPS) is 14.9. The standard InChI is InChI=1S/C24H25F3N2O3/c1-14-18-11-17(6-7-21(18)29-20(14)8-9-22(30)31)32-13-15-10-19(24(25,26)27)23(28-12-15)16-4-2-3-5-16/h6-7,10-12,16,29H,2-5,8-9,13H2,1H3,(H,30,31). The summed E-state index contributed by atoms with van der Waals surface area (Å²) in [5.74, 6) is -0.466. The molecule has 2 N–H and O–H groups in total. The molecule has 8 heteroatoms. The number of pyridine rings is 1. The second-order valence-corrected chi connectivity index (χ2v) is 8.37. The van der Waals surface area contributed by atoms with Gasteiger partial charge in [-0.3, -0.25) is 9.78 Å². The highest BCUT2D eigenvalue weighted by molar-refractivity contribution is 5.86. The fourth-order valence-electron chi connectivity index (χ4n) is 4.45. The van der Waals surface area contributed by atoms with Gasteiger partial charge in [-0.15, -0.1) is 0 Å². The van der Waals surface area contributed by atoms with Gasteiger partial charge < -0.3 is 14.8 Å². The maximum absolute atomic E-state index is 13.7. The maximum atomic E-state index is 13.7. The number of nitrogens with one attached hydrogen (secondary N) is 1. The molecule has 32 heavy (non-hydrogen) atoms. The number of nitrogens with zero attached hydrogens (tertiary/aromatic N) is 1. The van der Waals surface area contributed by atoms with Crippen LogP contribution < -0.4 is 4.74 Å². The highest BCUT2D eigenvalue weighted by Gasteiger charge is 2.37. The fraction of sp³-hybridized carbons (Fsp3) is 0.417. The van der Waals surface area contributed by atoms with E-state index in [9.17, 15) is 18.0 Å². The number of fused-ring (bicyclic) bond motifs is 1. The van der Waals surface area contributed by atoms with E-state index in [1.807, 2.05) is 19.1 Å². The number of alkyl halides is 3. The highest BCUT2D eigenvalue weighted by atomic mass is 19.4. The lowest BCUT2D eigenvalue weighted by atomic mass is 9.97. The molecular weight excluding hydrogens is 421 g/mol. The molecule has 0 aliphatic heterocycles. The van der Waals surface area contributed by atoms with E-state index in [1.54, 1.807) is 6.07 Å². The third-order valence-corrected chi connectivity index (χ3v) is 6.15. The number of aromatic nitrogens is 2. The summed E-state index contributed by atoms with van der Waals surface area (Å²) in [4.78, 5) is 18.3. The van der Waals surface area contributed by atoms with Crippen LogP contribution in [-0.2, 0) is 24.0 Å². The Hall–Kier alpha value is -3.03. The van der Waals surface area contributed by atoms with Gasteiger partial charge >= 0.3 is 12.1 Å². The molecule has 0 bridgehead atoms. The second-order valence-electron chi connectivity index (χ2n) is 8.37. The van der Waals surface area contributed by atoms with Crippen LogP contribution in [0.2, 0.25) is 0 Å². The largest absolute Gasteiger partial charge is 0.489 e. The Morgan fingerprint density at radius 1 is 1.25 bits per heavy atom. The zero-order chi connectivity index (χ0) is 22.9. The van der Waals surface area contributed by atoms with Gasteiger partial charge in [0.05, 0.1) is 17.7 Å². The second kappa shape index (κ2) is 8.84. The molecule has 0 saturated heterocycles. The smallest absolute Gasteiger partial charge is 0.418 e. The van der Waals surface area contributed by atoms with Gasteiger partial charge in [-0.05, 0) is 56.0 Å². The quantitative estimate of drug-likeness (QED) is 0.457. The topological polar surface area (TPSA) is 75.2 Å². The van der Waals surface area contributed by atoms with Crippen molar-refractivity contribution in [3.63, 3.8) is 0 Å². The van der Waals surface area contributed by atoms with E-state index in [1.165, 1.54) is 6.20 Å². The predicted octanol–water partition coefficient (Wildman–Crippen LogP) is 6.14. The SMILES string of the molecule is Cc1c(CCC(=O)O)[nH]c2ccc(OCc3cnc(C4CCCC4)c(C(F)(F)F)c3)cc12. The minimum Gasteiger partial charge on any atom is -0.489 e. The summed E-state index contributed by atoms with van der Waals surface area (Å²) in [7, 11) is 0. The molecule has 1 aliphatic carbocycles. The summed E-state index contributed by atoms with van der Waals surface area (Å²) in [5, 5.41) is 9.80. The summed E-state index contributed by atoms with van der Waals surface area (Å²) in [6, 6.07) is 6.54. The zero-order valence-electron chi connectivity index (χ0n) is 17.8. The van der Waals surface area contributed by atoms with Crippen molar-refractivity contribution in [2.45, 2.75) is 64.1 Å². The molecule has 3 aromatic rings. The Morgan fingerprint density at radius 3 is 2.69 bits per heavy atom. The van der Waals surface area contributed by atoms with Gasteiger partial charge in [0.2, 0.25) is 0 Å². The van der Waals surface area contributed by atoms with Crippen LogP contribution in [0.3, 0.4) is 0 Å². The lowest BCUT2D eigenvalue weighted by Gasteiger charge is -2.18. The van der Waals surface area contributed by atoms with E-state index in [0.29, 0.717) is 17.7 Å². The number of carboxylic acids is 1. The van der Waals surface area contributed by atoms with Gasteiger partial charge in [-0.25, -0.2) is 0 Å². The van der Waals surface area contributed by atoms with Crippen LogP contribution in [0.1, 0.15) is 66.1 Å². The lowest BCUT2D eigenvalue weighted by Crippen LogP contribution is -2.14. The first-order valence-electron chi connectivity index (χ1n) is 10.7. The molecule has 170 valence electrons. The van der Waals surface area contributed by atoms with Crippen molar-refractivity contribution in [2.24, 2.45) is 0 Å². The zero-order valence-corrected chi connectivity index (χ0v) is 17.8. The molecule has 0 radical (unpaired) electrons. The molecule has 2 aromatic heterocycles. The molecule has 5 nitrogen and oxygen atoms in total. The molecule has 4 rings (SSSR count). The summed E-state index contributed by atoms with van der Waals surface area (Å²) < 4.78 is 46.8. The van der Waals surface area contributed by atoms with Crippen LogP contribution in [0.15, 0.2) is 30.5 Å². The number of H-pyrrole nitrogens is 1. The van der Waals surface area contributed by atoms with Gasteiger partial charge in [0.1, 0.15) is 12.4 Å². The number of halogens is 3. The van der Waals surface area contributed by atoms with Crippen molar-refractivity contribution >= 4 is 16.9 Å². The highest BCUT2D eigenvalue weighted by Crippen LogP contribution is 2.40. The number of hydrogen-bond acceptors (Lipinski definition) is 3. The van der Waals surface area contributed by atoms with Crippen molar-refractivity contribution in [3.8, 4) is 5.75 Å². The molecule has 1 fully saturated rings. The lowest BCUT2D eigenvalue weighted by molar-refractivity contribution is -0.139. The summed E-state index contributed by atoms with van der Waals surface area (Å²) in [5.41, 5.74) is 2.50. The number of hydrogen-bond donors (Lipinski definition) is 2. The van der Waals surface area contributed by atoms with Crippen molar-refractivity contribution in [1.82, 2.24) is 9.97 Å². The van der Waals surface area contributed by atoms with Gasteiger partial charge in [0, 0.05) is 34.3 Å². The van der Waals surface area contributed by atoms with E-state index in [4.69, 9.17) is 9.84 Å². The number of benzene rings is 1. The molecule has 0 unspecified atom stereocenters. The minimum absolute atomic E-state index is 0.0259. The Balaban J connectivity index is 1.52. The maximum Gasteiger partial charge on any atom is 0.418 e. The number of aryl methyl sites for hydroxylation is 2. The summed E-state index contributed by atoms with van der Waals surface area (Å²) in [6.07, 6.45) is 0.822. The molecule has 0 amide bonds. The molecular formula is C24H25F3N2O3. The molecule has 0 atom stereocenters. The number of carbonyl (C=O) groups is 1. The van der Waals surface area contributed by atoms with Crippen molar-refractivity contribution in [1.29, 1.82) is 0 Å². The van der Waals surface area contributed by atoms with E-state index >= 15 is 0 Å². The average molecular weight is 446 g/mol. The van der Waals surface area contributed by atoms with Gasteiger partial charge in [-0.2, -0.15) is 13.2 Å². The van der Waals surface area contributed by atoms with Crippen molar-refractivity contribution < 1.29 is 27.8 Å². The van der Waals surface area contributed by atoms with E-state index < -0.39 is 17.7 Å². The van der Waals surface area contributed by atoms with Gasteiger partial charge in [0.15, 0.2) is 0 Å². The first-order valence-corrected chi connectivity index (χ1v) is 10.7. The predicted molar refractivity (Wildman–Crippen MR) is 114 cm³/mol. The van der Waals surface area contributed by atoms with Crippen molar-refractivity contribution in [3.05, 3.63) is 58.5 Å². The molecule has 0 spiro atoms. The number of aliphatic carboxylic acids is 1. The average Bonchev–Trinajstić information content (AvgIpc) is 3.38. The van der Waals surface area contributed by atoms with Crippen molar-refractivity contribution in [2.75, 3.05) is 0 Å². The van der Waals surface area contributed by atoms with Crippen LogP contribution >= 0.6 is 0 Å². The van der Waals surface area contributed by atoms with Gasteiger partial charge in [0.25, 0.3) is 0 Å². The Labute approximate surface area is 183 Å². The first-order chi connectivity index (χ1) is 15.2. The molecule has 1 aliphatic rings. The Kier molecular flexibility index (Phi) is 6.13. The van der Waals surface area contributed by atoms with Crippen LogP contribution in [0.25, 0.3) is 10.9 Å².